The molecule has 0 aliphatic rings. The molecule has 0 amide bonds. The first-order valence-electron chi connectivity index (χ1n) is 10.3. The summed E-state index contributed by atoms with van der Waals surface area (Å²) in [6.45, 7) is 11.0. The standard InChI is InChI=1S/C23H28N4O2S2/c1-6-27-13-18(15(4)26-27)14(3)24-23(30)25-21-20(22(28)29-7-2)19(16(5)31-21)17-11-9-8-10-12-17/h8-14H,6-7H2,1-5H3,(H2,24,25,30). The van der Waals surface area contributed by atoms with Gasteiger partial charge in [0.1, 0.15) is 10.6 Å². The first kappa shape index (κ1) is 23.0. The minimum atomic E-state index is -0.357. The summed E-state index contributed by atoms with van der Waals surface area (Å²) < 4.78 is 7.27. The van der Waals surface area contributed by atoms with Crippen LogP contribution in [0.5, 0.6) is 0 Å². The number of hydrogen-bond donors (Lipinski definition) is 2. The zero-order valence-corrected chi connectivity index (χ0v) is 20.1. The molecular weight excluding hydrogens is 428 g/mol. The average Bonchev–Trinajstić information content (AvgIpc) is 3.28. The highest BCUT2D eigenvalue weighted by Crippen LogP contribution is 2.40. The van der Waals surface area contributed by atoms with Crippen LogP contribution in [0.25, 0.3) is 11.1 Å². The average molecular weight is 457 g/mol. The number of aryl methyl sites for hydroxylation is 3. The summed E-state index contributed by atoms with van der Waals surface area (Å²) in [6, 6.07) is 9.84. The molecule has 8 heteroatoms. The van der Waals surface area contributed by atoms with E-state index in [1.807, 2.05) is 62.0 Å². The Morgan fingerprint density at radius 3 is 2.58 bits per heavy atom. The van der Waals surface area contributed by atoms with Crippen molar-refractivity contribution in [3.63, 3.8) is 0 Å². The van der Waals surface area contributed by atoms with Gasteiger partial charge in [0.15, 0.2) is 5.11 Å². The van der Waals surface area contributed by atoms with Crippen molar-refractivity contribution in [2.24, 2.45) is 0 Å². The molecule has 1 aromatic carbocycles. The van der Waals surface area contributed by atoms with Crippen molar-refractivity contribution in [2.75, 3.05) is 11.9 Å². The lowest BCUT2D eigenvalue weighted by Crippen LogP contribution is -2.31. The number of ether oxygens (including phenoxy) is 1. The number of nitrogens with zero attached hydrogens (tertiary/aromatic N) is 2. The van der Waals surface area contributed by atoms with Crippen LogP contribution in [0.2, 0.25) is 0 Å². The molecule has 1 atom stereocenters. The fraction of sp³-hybridized carbons (Fsp3) is 0.348. The molecule has 2 heterocycles. The van der Waals surface area contributed by atoms with Gasteiger partial charge in [-0.3, -0.25) is 4.68 Å². The number of thiocarbonyl (C=S) groups is 1. The predicted octanol–water partition coefficient (Wildman–Crippen LogP) is 5.47. The van der Waals surface area contributed by atoms with Gasteiger partial charge in [0.2, 0.25) is 0 Å². The van der Waals surface area contributed by atoms with Gasteiger partial charge in [0.05, 0.1) is 18.3 Å². The second-order valence-corrected chi connectivity index (χ2v) is 8.80. The normalized spacial score (nSPS) is 11.8. The molecule has 0 radical (unpaired) electrons. The van der Waals surface area contributed by atoms with Gasteiger partial charge in [-0.25, -0.2) is 4.79 Å². The molecule has 2 aromatic heterocycles. The van der Waals surface area contributed by atoms with Gasteiger partial charge in [-0.05, 0) is 52.4 Å². The molecular formula is C23H28N4O2S2. The largest absolute Gasteiger partial charge is 0.462 e. The molecule has 0 bridgehead atoms. The van der Waals surface area contributed by atoms with E-state index in [-0.39, 0.29) is 12.0 Å². The Kier molecular flexibility index (Phi) is 7.46. The minimum Gasteiger partial charge on any atom is -0.462 e. The van der Waals surface area contributed by atoms with Gasteiger partial charge in [-0.15, -0.1) is 11.3 Å². The number of benzene rings is 1. The summed E-state index contributed by atoms with van der Waals surface area (Å²) in [5, 5.41) is 12.2. The SMILES string of the molecule is CCOC(=O)c1c(NC(=S)NC(C)c2cn(CC)nc2C)sc(C)c1-c1ccccc1. The van der Waals surface area contributed by atoms with Gasteiger partial charge in [-0.2, -0.15) is 5.10 Å². The highest BCUT2D eigenvalue weighted by Gasteiger charge is 2.25. The Labute approximate surface area is 192 Å². The molecule has 31 heavy (non-hydrogen) atoms. The van der Waals surface area contributed by atoms with E-state index in [1.165, 1.54) is 11.3 Å². The highest BCUT2D eigenvalue weighted by atomic mass is 32.1. The molecule has 3 rings (SSSR count). The van der Waals surface area contributed by atoms with Crippen molar-refractivity contribution in [3.05, 3.63) is 58.2 Å². The van der Waals surface area contributed by atoms with E-state index >= 15 is 0 Å². The van der Waals surface area contributed by atoms with Gasteiger partial charge >= 0.3 is 5.97 Å². The van der Waals surface area contributed by atoms with E-state index in [9.17, 15) is 4.79 Å². The molecule has 2 N–H and O–H groups in total. The zero-order valence-electron chi connectivity index (χ0n) is 18.5. The number of anilines is 1. The number of aromatic nitrogens is 2. The van der Waals surface area contributed by atoms with Crippen LogP contribution in [0.3, 0.4) is 0 Å². The lowest BCUT2D eigenvalue weighted by Gasteiger charge is -2.17. The lowest BCUT2D eigenvalue weighted by atomic mass is 10.0. The van der Waals surface area contributed by atoms with E-state index in [0.717, 1.165) is 33.8 Å². The third-order valence-corrected chi connectivity index (χ3v) is 6.22. The Balaban J connectivity index is 1.87. The number of carbonyl (C=O) groups excluding carboxylic acids is 1. The summed E-state index contributed by atoms with van der Waals surface area (Å²) >= 11 is 7.07. The van der Waals surface area contributed by atoms with Crippen LogP contribution < -0.4 is 10.6 Å². The quantitative estimate of drug-likeness (QED) is 0.363. The van der Waals surface area contributed by atoms with E-state index < -0.39 is 0 Å². The molecule has 0 spiro atoms. The molecule has 0 saturated carbocycles. The van der Waals surface area contributed by atoms with E-state index in [4.69, 9.17) is 17.0 Å². The van der Waals surface area contributed by atoms with Crippen LogP contribution in [0, 0.1) is 13.8 Å². The van der Waals surface area contributed by atoms with Crippen LogP contribution >= 0.6 is 23.6 Å². The highest BCUT2D eigenvalue weighted by molar-refractivity contribution is 7.80. The van der Waals surface area contributed by atoms with E-state index in [1.54, 1.807) is 6.92 Å². The number of carbonyl (C=O) groups is 1. The van der Waals surface area contributed by atoms with Crippen LogP contribution in [0.4, 0.5) is 5.00 Å². The predicted molar refractivity (Wildman–Crippen MR) is 131 cm³/mol. The number of esters is 1. The van der Waals surface area contributed by atoms with Gasteiger partial charge < -0.3 is 15.4 Å². The summed E-state index contributed by atoms with van der Waals surface area (Å²) in [5.74, 6) is -0.357. The van der Waals surface area contributed by atoms with Gasteiger partial charge in [0.25, 0.3) is 0 Å². The lowest BCUT2D eigenvalue weighted by molar-refractivity contribution is 0.0529. The number of rotatable bonds is 7. The molecule has 0 saturated heterocycles. The minimum absolute atomic E-state index is 0.0269. The first-order chi connectivity index (χ1) is 14.8. The van der Waals surface area contributed by atoms with Crippen LogP contribution in [0.1, 0.15) is 53.3 Å². The molecule has 1 unspecified atom stereocenters. The van der Waals surface area contributed by atoms with E-state index in [2.05, 4.69) is 22.7 Å². The van der Waals surface area contributed by atoms with Crippen molar-refractivity contribution < 1.29 is 9.53 Å². The number of thiophene rings is 1. The van der Waals surface area contributed by atoms with Crippen LogP contribution in [0.15, 0.2) is 36.5 Å². The smallest absolute Gasteiger partial charge is 0.341 e. The fourth-order valence-corrected chi connectivity index (χ4v) is 4.93. The maximum Gasteiger partial charge on any atom is 0.341 e. The topological polar surface area (TPSA) is 68.2 Å². The summed E-state index contributed by atoms with van der Waals surface area (Å²) in [7, 11) is 0. The Hall–Kier alpha value is -2.71. The van der Waals surface area contributed by atoms with Crippen molar-refractivity contribution in [1.82, 2.24) is 15.1 Å². The van der Waals surface area contributed by atoms with Crippen molar-refractivity contribution >= 4 is 39.6 Å². The maximum absolute atomic E-state index is 12.8. The number of hydrogen-bond acceptors (Lipinski definition) is 5. The third-order valence-electron chi connectivity index (χ3n) is 4.98. The second-order valence-electron chi connectivity index (χ2n) is 7.17. The molecule has 0 aliphatic heterocycles. The second kappa shape index (κ2) is 10.1. The van der Waals surface area contributed by atoms with Crippen molar-refractivity contribution in [3.8, 4) is 11.1 Å². The molecule has 0 aliphatic carbocycles. The van der Waals surface area contributed by atoms with Crippen molar-refractivity contribution in [2.45, 2.75) is 47.2 Å². The molecule has 164 valence electrons. The van der Waals surface area contributed by atoms with E-state index in [0.29, 0.717) is 22.3 Å². The Bertz CT molecular complexity index is 1070. The third kappa shape index (κ3) is 5.14. The van der Waals surface area contributed by atoms with Gasteiger partial charge in [0, 0.05) is 28.7 Å². The Morgan fingerprint density at radius 1 is 1.26 bits per heavy atom. The monoisotopic (exact) mass is 456 g/mol. The summed E-state index contributed by atoms with van der Waals surface area (Å²) in [6.07, 6.45) is 2.03. The molecule has 6 nitrogen and oxygen atoms in total. The van der Waals surface area contributed by atoms with Gasteiger partial charge in [-0.1, -0.05) is 30.3 Å². The maximum atomic E-state index is 12.8. The first-order valence-corrected chi connectivity index (χ1v) is 11.6. The van der Waals surface area contributed by atoms with Crippen LogP contribution in [-0.2, 0) is 11.3 Å². The molecule has 0 fully saturated rings. The number of nitrogens with one attached hydrogen (secondary N) is 2. The Morgan fingerprint density at radius 2 is 1.97 bits per heavy atom. The molecule has 3 aromatic rings. The zero-order chi connectivity index (χ0) is 22.5. The van der Waals surface area contributed by atoms with Crippen LogP contribution in [-0.4, -0.2) is 27.5 Å². The fourth-order valence-electron chi connectivity index (χ4n) is 3.52. The summed E-state index contributed by atoms with van der Waals surface area (Å²) in [5.41, 5.74) is 4.42. The summed E-state index contributed by atoms with van der Waals surface area (Å²) in [4.78, 5) is 13.9. The van der Waals surface area contributed by atoms with Crippen molar-refractivity contribution in [1.29, 1.82) is 0 Å².